The first-order valence-electron chi connectivity index (χ1n) is 6.88. The van der Waals surface area contributed by atoms with Gasteiger partial charge in [0.05, 0.1) is 12.6 Å². The second-order valence-electron chi connectivity index (χ2n) is 5.95. The van der Waals surface area contributed by atoms with Crippen molar-refractivity contribution in [3.8, 4) is 6.07 Å². The summed E-state index contributed by atoms with van der Waals surface area (Å²) < 4.78 is 17.1. The third-order valence-electron chi connectivity index (χ3n) is 2.68. The van der Waals surface area contributed by atoms with E-state index < -0.39 is 34.4 Å². The first-order valence-corrected chi connectivity index (χ1v) is 8.27. The maximum atomic E-state index is 12.1. The summed E-state index contributed by atoms with van der Waals surface area (Å²) in [6.07, 6.45) is -0.557. The monoisotopic (exact) mass is 327 g/mol. The van der Waals surface area contributed by atoms with Gasteiger partial charge in [-0.25, -0.2) is 4.79 Å². The molecule has 122 valence electrons. The van der Waals surface area contributed by atoms with Crippen LogP contribution in [0.2, 0.25) is 0 Å². The number of carbonyl (C=O) groups excluding carboxylic acids is 2. The van der Waals surface area contributed by atoms with Crippen molar-refractivity contribution in [1.29, 1.82) is 5.26 Å². The number of ether oxygens (including phenoxy) is 1. The number of rotatable bonds is 2. The Bertz CT molecular complexity index is 545. The van der Waals surface area contributed by atoms with Crippen molar-refractivity contribution < 1.29 is 18.5 Å². The van der Waals surface area contributed by atoms with Crippen LogP contribution in [-0.4, -0.2) is 51.6 Å². The molecule has 0 fully saturated rings. The molecule has 22 heavy (non-hydrogen) atoms. The molecule has 0 saturated carbocycles. The van der Waals surface area contributed by atoms with E-state index in [-0.39, 0.29) is 24.4 Å². The fourth-order valence-electron chi connectivity index (χ4n) is 1.67. The van der Waals surface area contributed by atoms with E-state index in [1.807, 2.05) is 6.07 Å². The van der Waals surface area contributed by atoms with Crippen molar-refractivity contribution in [3.05, 3.63) is 11.0 Å². The van der Waals surface area contributed by atoms with Crippen molar-refractivity contribution >= 4 is 22.8 Å². The molecule has 1 rings (SSSR count). The molecule has 2 atom stereocenters. The Hall–Kier alpha value is -1.88. The smallest absolute Gasteiger partial charge is 0.410 e. The second-order valence-corrected chi connectivity index (χ2v) is 7.36. The minimum absolute atomic E-state index is 0.00460. The van der Waals surface area contributed by atoms with E-state index in [1.54, 1.807) is 20.8 Å². The van der Waals surface area contributed by atoms with Gasteiger partial charge in [-0.05, 0) is 27.7 Å². The summed E-state index contributed by atoms with van der Waals surface area (Å²) in [4.78, 5) is 25.5. The van der Waals surface area contributed by atoms with Crippen molar-refractivity contribution in [3.63, 3.8) is 0 Å². The molecule has 2 amide bonds. The molecular formula is C14H21N3O4S. The summed E-state index contributed by atoms with van der Waals surface area (Å²) in [7, 11) is -1.34. The van der Waals surface area contributed by atoms with E-state index in [0.717, 1.165) is 0 Å². The highest BCUT2D eigenvalue weighted by Gasteiger charge is 2.27. The minimum atomic E-state index is -1.34. The molecule has 8 heteroatoms. The zero-order valence-electron chi connectivity index (χ0n) is 13.2. The van der Waals surface area contributed by atoms with Crippen molar-refractivity contribution in [2.75, 3.05) is 18.8 Å². The van der Waals surface area contributed by atoms with Crippen LogP contribution in [0, 0.1) is 11.3 Å². The van der Waals surface area contributed by atoms with Crippen molar-refractivity contribution in [2.24, 2.45) is 0 Å². The summed E-state index contributed by atoms with van der Waals surface area (Å²) >= 11 is 0. The van der Waals surface area contributed by atoms with Gasteiger partial charge in [-0.3, -0.25) is 9.00 Å². The second kappa shape index (κ2) is 7.40. The lowest BCUT2D eigenvalue weighted by molar-refractivity contribution is -0.117. The summed E-state index contributed by atoms with van der Waals surface area (Å²) in [6, 6.07) is 1.22. The topological polar surface area (TPSA) is 99.5 Å². The molecule has 0 spiro atoms. The molecule has 0 aliphatic carbocycles. The van der Waals surface area contributed by atoms with Gasteiger partial charge in [-0.15, -0.1) is 0 Å². The zero-order chi connectivity index (χ0) is 16.9. The molecule has 0 saturated heterocycles. The van der Waals surface area contributed by atoms with Crippen LogP contribution in [0.25, 0.3) is 0 Å². The molecule has 1 heterocycles. The molecule has 0 aromatic carbocycles. The fraction of sp³-hybridized carbons (Fsp3) is 0.643. The molecule has 1 N–H and O–H groups in total. The summed E-state index contributed by atoms with van der Waals surface area (Å²) in [5.41, 5.74) is -0.451. The Balaban J connectivity index is 2.85. The standard InChI is InChI=1S/C14H21N3O4S/c1-10(7-15)16-12(18)11-8-17(5-6-22(20)9-11)13(19)21-14(2,3)4/h9-10H,5-6,8H2,1-4H3,(H,16,18)/t10-,22?/m0/s1. The van der Waals surface area contributed by atoms with E-state index >= 15 is 0 Å². The van der Waals surface area contributed by atoms with Crippen LogP contribution in [0.3, 0.4) is 0 Å². The van der Waals surface area contributed by atoms with Crippen LogP contribution < -0.4 is 5.32 Å². The molecule has 1 aliphatic heterocycles. The number of hydrogen-bond donors (Lipinski definition) is 1. The number of nitrogens with one attached hydrogen (secondary N) is 1. The number of amides is 2. The number of carbonyl (C=O) groups is 2. The Labute approximate surface area is 132 Å². The van der Waals surface area contributed by atoms with Crippen LogP contribution in [0.15, 0.2) is 11.0 Å². The normalized spacial score (nSPS) is 20.2. The Morgan fingerprint density at radius 1 is 1.50 bits per heavy atom. The van der Waals surface area contributed by atoms with Crippen LogP contribution in [0.5, 0.6) is 0 Å². The van der Waals surface area contributed by atoms with E-state index in [2.05, 4.69) is 5.32 Å². The van der Waals surface area contributed by atoms with E-state index in [1.165, 1.54) is 17.2 Å². The van der Waals surface area contributed by atoms with Crippen LogP contribution >= 0.6 is 0 Å². The predicted molar refractivity (Wildman–Crippen MR) is 82.1 cm³/mol. The molecule has 0 aromatic rings. The highest BCUT2D eigenvalue weighted by atomic mass is 32.2. The first-order chi connectivity index (χ1) is 10.1. The van der Waals surface area contributed by atoms with Gasteiger partial charge in [0.25, 0.3) is 5.91 Å². The molecule has 1 aliphatic rings. The van der Waals surface area contributed by atoms with E-state index in [0.29, 0.717) is 0 Å². The van der Waals surface area contributed by atoms with Crippen molar-refractivity contribution in [2.45, 2.75) is 39.3 Å². The highest BCUT2D eigenvalue weighted by molar-refractivity contribution is 7.88. The average Bonchev–Trinajstić information content (AvgIpc) is 2.58. The average molecular weight is 327 g/mol. The van der Waals surface area contributed by atoms with Gasteiger partial charge in [0.1, 0.15) is 11.6 Å². The molecule has 7 nitrogen and oxygen atoms in total. The molecule has 1 unspecified atom stereocenters. The Morgan fingerprint density at radius 3 is 2.68 bits per heavy atom. The quantitative estimate of drug-likeness (QED) is 0.812. The number of hydrogen-bond acceptors (Lipinski definition) is 5. The predicted octanol–water partition coefficient (Wildman–Crippen LogP) is 0.898. The molecule has 0 radical (unpaired) electrons. The highest BCUT2D eigenvalue weighted by Crippen LogP contribution is 2.14. The number of nitriles is 1. The number of nitrogens with zero attached hydrogens (tertiary/aromatic N) is 2. The van der Waals surface area contributed by atoms with Crippen LogP contribution in [-0.2, 0) is 20.3 Å². The van der Waals surface area contributed by atoms with Gasteiger partial charge < -0.3 is 15.0 Å². The minimum Gasteiger partial charge on any atom is -0.444 e. The van der Waals surface area contributed by atoms with Gasteiger partial charge in [0, 0.05) is 34.1 Å². The van der Waals surface area contributed by atoms with Crippen LogP contribution in [0.4, 0.5) is 4.79 Å². The zero-order valence-corrected chi connectivity index (χ0v) is 14.0. The third kappa shape index (κ3) is 5.85. The van der Waals surface area contributed by atoms with Crippen molar-refractivity contribution in [1.82, 2.24) is 10.2 Å². The molecular weight excluding hydrogens is 306 g/mol. The summed E-state index contributed by atoms with van der Waals surface area (Å²) in [5.74, 6) is -0.262. The van der Waals surface area contributed by atoms with Gasteiger partial charge >= 0.3 is 6.09 Å². The first kappa shape index (κ1) is 18.2. The Morgan fingerprint density at radius 2 is 2.14 bits per heavy atom. The summed E-state index contributed by atoms with van der Waals surface area (Å²) in [6.45, 7) is 7.03. The third-order valence-corrected chi connectivity index (χ3v) is 3.81. The SMILES string of the molecule is C[C@@H](C#N)NC(=O)C1=CS(=O)CCN(C(=O)OC(C)(C)C)C1. The maximum Gasteiger partial charge on any atom is 0.410 e. The molecule has 0 bridgehead atoms. The van der Waals surface area contributed by atoms with E-state index in [9.17, 15) is 13.8 Å². The maximum absolute atomic E-state index is 12.1. The van der Waals surface area contributed by atoms with Gasteiger partial charge in [-0.1, -0.05) is 0 Å². The van der Waals surface area contributed by atoms with Gasteiger partial charge in [0.15, 0.2) is 0 Å². The van der Waals surface area contributed by atoms with Gasteiger partial charge in [0.2, 0.25) is 0 Å². The van der Waals surface area contributed by atoms with E-state index in [4.69, 9.17) is 10.00 Å². The molecule has 0 aromatic heterocycles. The lowest BCUT2D eigenvalue weighted by Gasteiger charge is -2.26. The summed E-state index contributed by atoms with van der Waals surface area (Å²) in [5, 5.41) is 12.5. The largest absolute Gasteiger partial charge is 0.444 e. The lowest BCUT2D eigenvalue weighted by atomic mass is 10.2. The van der Waals surface area contributed by atoms with Crippen LogP contribution in [0.1, 0.15) is 27.7 Å². The lowest BCUT2D eigenvalue weighted by Crippen LogP contribution is -2.41. The fourth-order valence-corrected chi connectivity index (χ4v) is 2.69. The van der Waals surface area contributed by atoms with Gasteiger partial charge in [-0.2, -0.15) is 5.26 Å². The Kier molecular flexibility index (Phi) is 6.11.